The van der Waals surface area contributed by atoms with Gasteiger partial charge < -0.3 is 24.1 Å². The minimum Gasteiger partial charge on any atom is -0.457 e. The maximum absolute atomic E-state index is 6.35. The molecule has 0 saturated heterocycles. The maximum Gasteiger partial charge on any atom is 0.230 e. The Hall–Kier alpha value is -5.94. The van der Waals surface area contributed by atoms with Gasteiger partial charge in [-0.3, -0.25) is 0 Å². The third-order valence-corrected chi connectivity index (χ3v) is 9.22. The third kappa shape index (κ3) is 4.88. The monoisotopic (exact) mass is 612 g/mol. The standard InChI is InChI=1S/C42H32N2O3/c1-44-18-6-8-30(25-44)33-20-31(19-32(21-33)29-7-5-17-43-24-29)27-14-16-39-38(22-27)36-15-13-28(23-41(36)46-26-45-39)34-10-4-11-37-35-9-2-3-12-40(35)47-42(34)37/h2-17,19-23,25,43H,18,24,26H2,1H3. The predicted molar refractivity (Wildman–Crippen MR) is 191 cm³/mol. The molecule has 3 aliphatic rings. The molecule has 4 heterocycles. The Labute approximate surface area is 273 Å². The number of rotatable bonds is 4. The number of hydrogen-bond donors (Lipinski definition) is 1. The number of fused-ring (bicyclic) bond motifs is 6. The van der Waals surface area contributed by atoms with Gasteiger partial charge in [0.15, 0.2) is 0 Å². The summed E-state index contributed by atoms with van der Waals surface area (Å²) in [4.78, 5) is 2.21. The van der Waals surface area contributed by atoms with Crippen molar-refractivity contribution in [1.29, 1.82) is 0 Å². The second-order valence-electron chi connectivity index (χ2n) is 12.3. The Morgan fingerprint density at radius 1 is 0.681 bits per heavy atom. The Bertz CT molecular complexity index is 2340. The van der Waals surface area contributed by atoms with Crippen molar-refractivity contribution in [1.82, 2.24) is 10.2 Å². The Balaban J connectivity index is 1.15. The van der Waals surface area contributed by atoms with Crippen LogP contribution in [0.4, 0.5) is 0 Å². The van der Waals surface area contributed by atoms with Gasteiger partial charge in [0, 0.05) is 53.8 Å². The fourth-order valence-corrected chi connectivity index (χ4v) is 6.86. The summed E-state index contributed by atoms with van der Waals surface area (Å²) in [5.41, 5.74) is 13.0. The molecule has 0 bridgehead atoms. The number of allylic oxidation sites excluding steroid dienone is 4. The van der Waals surface area contributed by atoms with E-state index >= 15 is 0 Å². The van der Waals surface area contributed by atoms with Crippen LogP contribution in [-0.4, -0.2) is 31.8 Å². The van der Waals surface area contributed by atoms with E-state index in [9.17, 15) is 0 Å². The Morgan fingerprint density at radius 3 is 2.45 bits per heavy atom. The van der Waals surface area contributed by atoms with Gasteiger partial charge in [-0.25, -0.2) is 0 Å². The molecule has 0 aliphatic carbocycles. The molecule has 5 heteroatoms. The minimum absolute atomic E-state index is 0.139. The lowest BCUT2D eigenvalue weighted by atomic mass is 9.90. The fraction of sp³-hybridized carbons (Fsp3) is 0.0952. The average molecular weight is 613 g/mol. The van der Waals surface area contributed by atoms with Crippen LogP contribution in [0.3, 0.4) is 0 Å². The second kappa shape index (κ2) is 11.1. The van der Waals surface area contributed by atoms with E-state index in [4.69, 9.17) is 13.9 Å². The summed E-state index contributed by atoms with van der Waals surface area (Å²) in [5, 5.41) is 5.59. The molecule has 228 valence electrons. The number of likely N-dealkylation sites (N-methyl/N-ethyl adjacent to an activating group) is 1. The highest BCUT2D eigenvalue weighted by molar-refractivity contribution is 6.09. The van der Waals surface area contributed by atoms with E-state index in [0.717, 1.165) is 79.9 Å². The van der Waals surface area contributed by atoms with Gasteiger partial charge >= 0.3 is 0 Å². The van der Waals surface area contributed by atoms with Gasteiger partial charge in [0.2, 0.25) is 6.79 Å². The zero-order chi connectivity index (χ0) is 31.3. The van der Waals surface area contributed by atoms with Crippen molar-refractivity contribution in [2.45, 2.75) is 0 Å². The number of furan rings is 1. The number of nitrogens with one attached hydrogen (secondary N) is 1. The summed E-state index contributed by atoms with van der Waals surface area (Å²) in [7, 11) is 2.11. The molecule has 1 aromatic heterocycles. The highest BCUT2D eigenvalue weighted by Crippen LogP contribution is 2.44. The van der Waals surface area contributed by atoms with Crippen molar-refractivity contribution < 1.29 is 13.9 Å². The average Bonchev–Trinajstić information content (AvgIpc) is 3.41. The Kier molecular flexibility index (Phi) is 6.49. The quantitative estimate of drug-likeness (QED) is 0.215. The number of nitrogens with zero attached hydrogens (tertiary/aromatic N) is 1. The van der Waals surface area contributed by atoms with Gasteiger partial charge in [-0.1, -0.05) is 66.8 Å². The summed E-state index contributed by atoms with van der Waals surface area (Å²) < 4.78 is 18.7. The number of para-hydroxylation sites is 2. The van der Waals surface area contributed by atoms with Gasteiger partial charge in [-0.15, -0.1) is 0 Å². The lowest BCUT2D eigenvalue weighted by Crippen LogP contribution is -2.14. The van der Waals surface area contributed by atoms with Crippen LogP contribution in [0.2, 0.25) is 0 Å². The molecule has 0 atom stereocenters. The van der Waals surface area contributed by atoms with E-state index in [1.807, 2.05) is 24.4 Å². The SMILES string of the molecule is CN1C=C(c2cc(C3=CC=CNC3)cc(-c3ccc4c(c3)-c3ccc(-c5cccc6c5oc5ccccc56)cc3OCO4)c2)C=CC1. The van der Waals surface area contributed by atoms with Crippen LogP contribution < -0.4 is 14.8 Å². The van der Waals surface area contributed by atoms with E-state index in [1.54, 1.807) is 0 Å². The van der Waals surface area contributed by atoms with Crippen LogP contribution in [0.15, 0.2) is 138 Å². The molecule has 9 rings (SSSR count). The van der Waals surface area contributed by atoms with E-state index in [2.05, 4.69) is 127 Å². The van der Waals surface area contributed by atoms with Crippen molar-refractivity contribution in [2.24, 2.45) is 0 Å². The summed E-state index contributed by atoms with van der Waals surface area (Å²) in [6.07, 6.45) is 12.9. The van der Waals surface area contributed by atoms with Gasteiger partial charge in [0.1, 0.15) is 22.7 Å². The van der Waals surface area contributed by atoms with Crippen LogP contribution in [0, 0.1) is 0 Å². The van der Waals surface area contributed by atoms with Crippen molar-refractivity contribution >= 4 is 33.1 Å². The molecule has 0 amide bonds. The van der Waals surface area contributed by atoms with Crippen molar-refractivity contribution in [3.8, 4) is 44.9 Å². The number of dihydropyridines is 1. The molecule has 6 aromatic rings. The zero-order valence-corrected chi connectivity index (χ0v) is 26.0. The number of ether oxygens (including phenoxy) is 2. The van der Waals surface area contributed by atoms with E-state index in [1.165, 1.54) is 22.3 Å². The summed E-state index contributed by atoms with van der Waals surface area (Å²) in [6, 6.07) is 34.2. The molecule has 0 fully saturated rings. The molecular formula is C42H32N2O3. The summed E-state index contributed by atoms with van der Waals surface area (Å²) >= 11 is 0. The summed E-state index contributed by atoms with van der Waals surface area (Å²) in [6.45, 7) is 1.85. The van der Waals surface area contributed by atoms with Crippen LogP contribution in [-0.2, 0) is 0 Å². The van der Waals surface area contributed by atoms with Gasteiger partial charge in [0.05, 0.1) is 0 Å². The van der Waals surface area contributed by atoms with Crippen LogP contribution in [0.25, 0.3) is 66.5 Å². The van der Waals surface area contributed by atoms with Gasteiger partial charge in [-0.05, 0) is 99.8 Å². The minimum atomic E-state index is 0.139. The van der Waals surface area contributed by atoms with E-state index in [0.29, 0.717) is 0 Å². The lowest BCUT2D eigenvalue weighted by Gasteiger charge is -2.20. The van der Waals surface area contributed by atoms with Crippen molar-refractivity contribution in [2.75, 3.05) is 26.9 Å². The lowest BCUT2D eigenvalue weighted by molar-refractivity contribution is 0.125. The van der Waals surface area contributed by atoms with Crippen LogP contribution >= 0.6 is 0 Å². The highest BCUT2D eigenvalue weighted by Gasteiger charge is 2.21. The molecule has 3 aliphatic heterocycles. The molecule has 5 nitrogen and oxygen atoms in total. The van der Waals surface area contributed by atoms with Crippen LogP contribution in [0.5, 0.6) is 11.5 Å². The molecule has 5 aromatic carbocycles. The van der Waals surface area contributed by atoms with Crippen molar-refractivity contribution in [3.05, 3.63) is 145 Å². The van der Waals surface area contributed by atoms with Crippen molar-refractivity contribution in [3.63, 3.8) is 0 Å². The smallest absolute Gasteiger partial charge is 0.230 e. The molecule has 0 unspecified atom stereocenters. The number of hydrogen-bond acceptors (Lipinski definition) is 5. The first-order valence-electron chi connectivity index (χ1n) is 16.0. The van der Waals surface area contributed by atoms with Gasteiger partial charge in [-0.2, -0.15) is 0 Å². The maximum atomic E-state index is 6.35. The molecule has 0 radical (unpaired) electrons. The molecule has 47 heavy (non-hydrogen) atoms. The predicted octanol–water partition coefficient (Wildman–Crippen LogP) is 9.66. The highest BCUT2D eigenvalue weighted by atomic mass is 16.7. The zero-order valence-electron chi connectivity index (χ0n) is 26.0. The molecule has 0 saturated carbocycles. The first kappa shape index (κ1) is 27.4. The van der Waals surface area contributed by atoms with Crippen LogP contribution in [0.1, 0.15) is 11.1 Å². The van der Waals surface area contributed by atoms with Gasteiger partial charge in [0.25, 0.3) is 0 Å². The molecular weight excluding hydrogens is 580 g/mol. The topological polar surface area (TPSA) is 46.9 Å². The Morgan fingerprint density at radius 2 is 1.53 bits per heavy atom. The second-order valence-corrected chi connectivity index (χ2v) is 12.3. The first-order valence-corrected chi connectivity index (χ1v) is 16.0. The number of benzene rings is 5. The molecule has 0 spiro atoms. The third-order valence-electron chi connectivity index (χ3n) is 9.22. The first-order chi connectivity index (χ1) is 23.2. The molecule has 1 N–H and O–H groups in total. The summed E-state index contributed by atoms with van der Waals surface area (Å²) in [5.74, 6) is 1.59. The fourth-order valence-electron chi connectivity index (χ4n) is 6.86. The van der Waals surface area contributed by atoms with E-state index in [-0.39, 0.29) is 6.79 Å². The normalized spacial score (nSPS) is 15.2. The largest absolute Gasteiger partial charge is 0.457 e. The van der Waals surface area contributed by atoms with E-state index < -0.39 is 0 Å².